The van der Waals surface area contributed by atoms with Gasteiger partial charge in [-0.05, 0) is 43.4 Å². The molecule has 3 fully saturated rings. The Labute approximate surface area is 130 Å². The molecule has 2 aliphatic heterocycles. The Bertz CT molecular complexity index is 604. The predicted octanol–water partition coefficient (Wildman–Crippen LogP) is 0.684. The van der Waals surface area contributed by atoms with Crippen LogP contribution in [-0.4, -0.2) is 51.2 Å². The predicted molar refractivity (Wildman–Crippen MR) is 80.4 cm³/mol. The highest BCUT2D eigenvalue weighted by atomic mass is 16.2. The van der Waals surface area contributed by atoms with Crippen molar-refractivity contribution in [1.82, 2.24) is 25.0 Å². The van der Waals surface area contributed by atoms with E-state index in [1.165, 1.54) is 32.5 Å². The highest BCUT2D eigenvalue weighted by Gasteiger charge is 2.40. The molecule has 0 spiro atoms. The second kappa shape index (κ2) is 4.78. The van der Waals surface area contributed by atoms with Crippen molar-refractivity contribution in [2.24, 2.45) is 17.8 Å². The lowest BCUT2D eigenvalue weighted by atomic mass is 9.89. The van der Waals surface area contributed by atoms with E-state index in [2.05, 4.69) is 25.0 Å². The maximum Gasteiger partial charge on any atom is 0.289 e. The summed E-state index contributed by atoms with van der Waals surface area (Å²) in [4.78, 5) is 14.9. The van der Waals surface area contributed by atoms with Gasteiger partial charge in [-0.3, -0.25) is 4.79 Å². The van der Waals surface area contributed by atoms with Gasteiger partial charge in [-0.25, -0.2) is 0 Å². The molecule has 1 saturated heterocycles. The maximum atomic E-state index is 12.3. The van der Waals surface area contributed by atoms with Gasteiger partial charge >= 0.3 is 0 Å². The zero-order valence-corrected chi connectivity index (χ0v) is 12.9. The fraction of sp³-hybridized carbons (Fsp3) is 0.812. The normalized spacial score (nSPS) is 30.9. The van der Waals surface area contributed by atoms with E-state index in [1.54, 1.807) is 0 Å². The summed E-state index contributed by atoms with van der Waals surface area (Å²) in [5, 5.41) is 11.5. The fourth-order valence-corrected chi connectivity index (χ4v) is 4.08. The molecule has 0 bridgehead atoms. The van der Waals surface area contributed by atoms with E-state index in [-0.39, 0.29) is 5.91 Å². The molecule has 22 heavy (non-hydrogen) atoms. The molecule has 4 aliphatic rings. The summed E-state index contributed by atoms with van der Waals surface area (Å²) in [6.07, 6.45) is 6.03. The van der Waals surface area contributed by atoms with Gasteiger partial charge in [-0.1, -0.05) is 0 Å². The van der Waals surface area contributed by atoms with Crippen LogP contribution < -0.4 is 5.32 Å². The lowest BCUT2D eigenvalue weighted by Gasteiger charge is -2.25. The molecule has 6 nitrogen and oxygen atoms in total. The van der Waals surface area contributed by atoms with Crippen LogP contribution in [-0.2, 0) is 13.0 Å². The van der Waals surface area contributed by atoms with E-state index in [9.17, 15) is 4.79 Å². The molecule has 1 N–H and O–H groups in total. The standard InChI is InChI=1S/C16H23N5O/c22-16(17-13-3-4-13)15-19-18-14-5-11-7-20(6-10-1-2-10)8-12(11)9-21(14)15/h10-13H,1-9H2,(H,17,22)/t11-,12+/m0/s1. The van der Waals surface area contributed by atoms with Crippen LogP contribution in [0.15, 0.2) is 0 Å². The molecule has 118 valence electrons. The highest BCUT2D eigenvalue weighted by molar-refractivity contribution is 5.91. The van der Waals surface area contributed by atoms with Gasteiger partial charge < -0.3 is 14.8 Å². The molecule has 1 aromatic rings. The summed E-state index contributed by atoms with van der Waals surface area (Å²) in [5.41, 5.74) is 0. The number of carbonyl (C=O) groups is 1. The number of aromatic nitrogens is 3. The van der Waals surface area contributed by atoms with Gasteiger partial charge in [0.15, 0.2) is 0 Å². The van der Waals surface area contributed by atoms with Crippen molar-refractivity contribution in [3.63, 3.8) is 0 Å². The number of hydrogen-bond donors (Lipinski definition) is 1. The number of nitrogens with one attached hydrogen (secondary N) is 1. The Morgan fingerprint density at radius 2 is 1.91 bits per heavy atom. The van der Waals surface area contributed by atoms with Crippen molar-refractivity contribution in [2.75, 3.05) is 19.6 Å². The SMILES string of the molecule is O=C(NC1CC1)c1nnc2n1C[C@H]1CN(CC3CC3)C[C@@H]1C2. The minimum Gasteiger partial charge on any atom is -0.347 e. The van der Waals surface area contributed by atoms with E-state index in [1.807, 2.05) is 0 Å². The lowest BCUT2D eigenvalue weighted by Crippen LogP contribution is -2.33. The molecule has 5 rings (SSSR count). The Hall–Kier alpha value is -1.43. The average Bonchev–Trinajstić information content (AvgIpc) is 3.39. The van der Waals surface area contributed by atoms with Gasteiger partial charge in [0.25, 0.3) is 5.91 Å². The number of amides is 1. The Balaban J connectivity index is 1.31. The summed E-state index contributed by atoms with van der Waals surface area (Å²) in [6.45, 7) is 4.59. The largest absolute Gasteiger partial charge is 0.347 e. The number of likely N-dealkylation sites (tertiary alicyclic amines) is 1. The molecule has 0 unspecified atom stereocenters. The molecule has 2 saturated carbocycles. The minimum atomic E-state index is -0.0347. The summed E-state index contributed by atoms with van der Waals surface area (Å²) in [6, 6.07) is 0.373. The highest BCUT2D eigenvalue weighted by Crippen LogP contribution is 2.36. The Kier molecular flexibility index (Phi) is 2.84. The van der Waals surface area contributed by atoms with Gasteiger partial charge in [-0.2, -0.15) is 0 Å². The van der Waals surface area contributed by atoms with Crippen LogP contribution in [0, 0.1) is 17.8 Å². The van der Waals surface area contributed by atoms with Crippen LogP contribution in [0.2, 0.25) is 0 Å². The third-order valence-corrected chi connectivity index (χ3v) is 5.67. The molecule has 2 atom stereocenters. The van der Waals surface area contributed by atoms with E-state index >= 15 is 0 Å². The first kappa shape index (κ1) is 13.0. The molecule has 2 aliphatic carbocycles. The molecule has 0 aromatic carbocycles. The second-order valence-electron chi connectivity index (χ2n) is 7.68. The second-order valence-corrected chi connectivity index (χ2v) is 7.68. The number of fused-ring (bicyclic) bond motifs is 2. The summed E-state index contributed by atoms with van der Waals surface area (Å²) in [7, 11) is 0. The van der Waals surface area contributed by atoms with Crippen LogP contribution in [0.5, 0.6) is 0 Å². The van der Waals surface area contributed by atoms with Gasteiger partial charge in [0.05, 0.1) is 0 Å². The monoisotopic (exact) mass is 301 g/mol. The van der Waals surface area contributed by atoms with Crippen LogP contribution in [0.4, 0.5) is 0 Å². The number of hydrogen-bond acceptors (Lipinski definition) is 4. The van der Waals surface area contributed by atoms with E-state index in [0.29, 0.717) is 23.7 Å². The van der Waals surface area contributed by atoms with Crippen LogP contribution in [0.25, 0.3) is 0 Å². The summed E-state index contributed by atoms with van der Waals surface area (Å²) < 4.78 is 2.08. The van der Waals surface area contributed by atoms with Crippen LogP contribution >= 0.6 is 0 Å². The fourth-order valence-electron chi connectivity index (χ4n) is 4.08. The quantitative estimate of drug-likeness (QED) is 0.888. The van der Waals surface area contributed by atoms with Crippen molar-refractivity contribution in [1.29, 1.82) is 0 Å². The van der Waals surface area contributed by atoms with E-state index in [4.69, 9.17) is 0 Å². The number of nitrogens with zero attached hydrogens (tertiary/aromatic N) is 4. The first-order chi connectivity index (χ1) is 10.8. The molecule has 1 aromatic heterocycles. The molecule has 6 heteroatoms. The first-order valence-corrected chi connectivity index (χ1v) is 8.71. The average molecular weight is 301 g/mol. The third kappa shape index (κ3) is 2.33. The van der Waals surface area contributed by atoms with Crippen molar-refractivity contribution >= 4 is 5.91 Å². The van der Waals surface area contributed by atoms with Crippen LogP contribution in [0.1, 0.15) is 42.1 Å². The zero-order chi connectivity index (χ0) is 14.7. The zero-order valence-electron chi connectivity index (χ0n) is 12.9. The first-order valence-electron chi connectivity index (χ1n) is 8.71. The summed E-state index contributed by atoms with van der Waals surface area (Å²) in [5.74, 6) is 3.83. The van der Waals surface area contributed by atoms with E-state index in [0.717, 1.165) is 37.5 Å². The molecular formula is C16H23N5O. The van der Waals surface area contributed by atoms with Crippen molar-refractivity contribution in [3.05, 3.63) is 11.6 Å². The minimum absolute atomic E-state index is 0.0347. The van der Waals surface area contributed by atoms with Crippen molar-refractivity contribution in [2.45, 2.75) is 44.7 Å². The molecule has 3 heterocycles. The number of rotatable bonds is 4. The van der Waals surface area contributed by atoms with Gasteiger partial charge in [0, 0.05) is 38.6 Å². The number of carbonyl (C=O) groups excluding carboxylic acids is 1. The molecule has 0 radical (unpaired) electrons. The van der Waals surface area contributed by atoms with Crippen molar-refractivity contribution in [3.8, 4) is 0 Å². The van der Waals surface area contributed by atoms with Gasteiger partial charge in [-0.15, -0.1) is 10.2 Å². The van der Waals surface area contributed by atoms with E-state index < -0.39 is 0 Å². The van der Waals surface area contributed by atoms with Gasteiger partial charge in [0.1, 0.15) is 5.82 Å². The summed E-state index contributed by atoms with van der Waals surface area (Å²) >= 11 is 0. The van der Waals surface area contributed by atoms with Gasteiger partial charge in [0.2, 0.25) is 5.82 Å². The Morgan fingerprint density at radius 1 is 1.09 bits per heavy atom. The lowest BCUT2D eigenvalue weighted by molar-refractivity contribution is 0.0932. The molecule has 1 amide bonds. The third-order valence-electron chi connectivity index (χ3n) is 5.67. The molecular weight excluding hydrogens is 278 g/mol. The van der Waals surface area contributed by atoms with Crippen molar-refractivity contribution < 1.29 is 4.79 Å². The maximum absolute atomic E-state index is 12.3. The van der Waals surface area contributed by atoms with Crippen LogP contribution in [0.3, 0.4) is 0 Å². The smallest absolute Gasteiger partial charge is 0.289 e. The topological polar surface area (TPSA) is 63.1 Å². The Morgan fingerprint density at radius 3 is 2.68 bits per heavy atom.